The van der Waals surface area contributed by atoms with Gasteiger partial charge < -0.3 is 16.0 Å². The topological polar surface area (TPSA) is 75.4 Å². The lowest BCUT2D eigenvalue weighted by atomic mass is 10.0. The molecule has 2 aromatic rings. The van der Waals surface area contributed by atoms with Crippen LogP contribution in [0.4, 0.5) is 0 Å². The van der Waals surface area contributed by atoms with Crippen molar-refractivity contribution in [1.29, 1.82) is 0 Å². The molecule has 2 aliphatic rings. The Morgan fingerprint density at radius 1 is 1.33 bits per heavy atom. The highest BCUT2D eigenvalue weighted by Crippen LogP contribution is 2.47. The van der Waals surface area contributed by atoms with Crippen LogP contribution in [0.1, 0.15) is 31.4 Å². The van der Waals surface area contributed by atoms with Crippen LogP contribution in [-0.4, -0.2) is 39.9 Å². The predicted molar refractivity (Wildman–Crippen MR) is 112 cm³/mol. The molecule has 3 unspecified atom stereocenters. The molecule has 0 aromatic heterocycles. The molecule has 2 fully saturated rings. The summed E-state index contributed by atoms with van der Waals surface area (Å²) in [6.07, 6.45) is 1.34. The fourth-order valence-electron chi connectivity index (χ4n) is 3.99. The summed E-state index contributed by atoms with van der Waals surface area (Å²) >= 11 is 1.70. The van der Waals surface area contributed by atoms with Gasteiger partial charge in [-0.15, -0.1) is 24.2 Å². The molecule has 0 spiro atoms. The van der Waals surface area contributed by atoms with Crippen LogP contribution in [0.25, 0.3) is 10.8 Å². The summed E-state index contributed by atoms with van der Waals surface area (Å²) in [5, 5.41) is 5.35. The van der Waals surface area contributed by atoms with Crippen LogP contribution in [0.5, 0.6) is 0 Å². The van der Waals surface area contributed by atoms with Crippen molar-refractivity contribution in [3.05, 3.63) is 48.0 Å². The Balaban J connectivity index is 0.00000210. The molecule has 3 N–H and O–H groups in total. The minimum absolute atomic E-state index is 0. The lowest BCUT2D eigenvalue weighted by molar-refractivity contribution is -0.138. The van der Waals surface area contributed by atoms with Crippen molar-refractivity contribution in [1.82, 2.24) is 10.2 Å². The third kappa shape index (κ3) is 3.53. The summed E-state index contributed by atoms with van der Waals surface area (Å²) in [7, 11) is 0. The number of halogens is 1. The van der Waals surface area contributed by atoms with E-state index in [-0.39, 0.29) is 35.1 Å². The highest BCUT2D eigenvalue weighted by Gasteiger charge is 2.53. The first-order chi connectivity index (χ1) is 12.5. The minimum Gasteiger partial charge on any atom is -0.346 e. The molecule has 144 valence electrons. The van der Waals surface area contributed by atoms with Gasteiger partial charge in [0, 0.05) is 18.7 Å². The Morgan fingerprint density at radius 2 is 2.07 bits per heavy atom. The third-order valence-corrected chi connectivity index (χ3v) is 6.98. The highest BCUT2D eigenvalue weighted by molar-refractivity contribution is 8.01. The van der Waals surface area contributed by atoms with E-state index in [9.17, 15) is 9.59 Å². The number of hydrogen-bond acceptors (Lipinski definition) is 4. The molecule has 27 heavy (non-hydrogen) atoms. The molecule has 2 amide bonds. The van der Waals surface area contributed by atoms with Crippen molar-refractivity contribution in [2.24, 2.45) is 5.73 Å². The number of amides is 2. The van der Waals surface area contributed by atoms with Gasteiger partial charge in [0.25, 0.3) is 0 Å². The number of rotatable bonds is 4. The van der Waals surface area contributed by atoms with E-state index in [0.29, 0.717) is 18.7 Å². The van der Waals surface area contributed by atoms with Gasteiger partial charge in [-0.05, 0) is 35.7 Å². The summed E-state index contributed by atoms with van der Waals surface area (Å²) in [6.45, 7) is 2.37. The molecule has 7 heteroatoms. The summed E-state index contributed by atoms with van der Waals surface area (Å²) in [5.41, 5.74) is 6.94. The quantitative estimate of drug-likeness (QED) is 0.820. The molecule has 2 aliphatic heterocycles. The van der Waals surface area contributed by atoms with Crippen molar-refractivity contribution in [2.45, 2.75) is 36.7 Å². The third-order valence-electron chi connectivity index (χ3n) is 5.48. The number of nitrogens with one attached hydrogen (secondary N) is 1. The first kappa shape index (κ1) is 20.0. The number of nitrogens with two attached hydrogens (primary N) is 1. The first-order valence-corrected chi connectivity index (χ1v) is 9.96. The van der Waals surface area contributed by atoms with Gasteiger partial charge in [0.05, 0.1) is 10.9 Å². The Bertz CT molecular complexity index is 877. The van der Waals surface area contributed by atoms with Crippen LogP contribution >= 0.6 is 24.2 Å². The molecular formula is C20H24ClN3O2S. The van der Waals surface area contributed by atoms with E-state index in [1.165, 1.54) is 0 Å². The maximum atomic E-state index is 12.9. The molecule has 0 aliphatic carbocycles. The second kappa shape index (κ2) is 7.70. The summed E-state index contributed by atoms with van der Waals surface area (Å²) < 4.78 is 0. The number of carbonyl (C=O) groups is 2. The fraction of sp³-hybridized carbons (Fsp3) is 0.400. The molecule has 0 radical (unpaired) electrons. The molecule has 2 heterocycles. The molecule has 5 nitrogen and oxygen atoms in total. The average Bonchev–Trinajstić information content (AvgIpc) is 3.15. The number of fused-ring (bicyclic) bond motifs is 2. The van der Waals surface area contributed by atoms with E-state index in [2.05, 4.69) is 30.4 Å². The molecule has 0 bridgehead atoms. The van der Waals surface area contributed by atoms with E-state index in [0.717, 1.165) is 22.8 Å². The van der Waals surface area contributed by atoms with Gasteiger partial charge in [-0.2, -0.15) is 0 Å². The van der Waals surface area contributed by atoms with Crippen LogP contribution in [-0.2, 0) is 9.59 Å². The van der Waals surface area contributed by atoms with Crippen LogP contribution in [0.2, 0.25) is 0 Å². The van der Waals surface area contributed by atoms with Gasteiger partial charge in [0.15, 0.2) is 0 Å². The van der Waals surface area contributed by atoms with Gasteiger partial charge in [0.2, 0.25) is 11.8 Å². The predicted octanol–water partition coefficient (Wildman–Crippen LogP) is 2.83. The van der Waals surface area contributed by atoms with Crippen molar-refractivity contribution >= 4 is 46.8 Å². The zero-order valence-corrected chi connectivity index (χ0v) is 16.8. The molecule has 3 atom stereocenters. The normalized spacial score (nSPS) is 25.2. The van der Waals surface area contributed by atoms with Crippen LogP contribution in [0, 0.1) is 0 Å². The second-order valence-electron chi connectivity index (χ2n) is 7.17. The Kier molecular flexibility index (Phi) is 5.70. The SMILES string of the molecule is CC12CCC(=O)N1C(C(=O)NC(CN)c1ccc3ccccc3c1)CS2.Cl. The lowest BCUT2D eigenvalue weighted by Gasteiger charge is -2.30. The zero-order valence-electron chi connectivity index (χ0n) is 15.2. The molecular weight excluding hydrogens is 382 g/mol. The summed E-state index contributed by atoms with van der Waals surface area (Å²) in [5.74, 6) is 0.607. The van der Waals surface area contributed by atoms with Gasteiger partial charge in [-0.25, -0.2) is 0 Å². The molecule has 0 saturated carbocycles. The van der Waals surface area contributed by atoms with E-state index < -0.39 is 6.04 Å². The Morgan fingerprint density at radius 3 is 2.81 bits per heavy atom. The maximum absolute atomic E-state index is 12.9. The minimum atomic E-state index is -0.408. The standard InChI is InChI=1S/C20H23N3O2S.ClH/c1-20-9-8-18(24)23(20)17(12-26-20)19(25)22-16(11-21)15-7-6-13-4-2-3-5-14(13)10-15;/h2-7,10,16-17H,8-9,11-12,21H2,1H3,(H,22,25);1H. The van der Waals surface area contributed by atoms with E-state index in [1.54, 1.807) is 16.7 Å². The van der Waals surface area contributed by atoms with Crippen molar-refractivity contribution in [3.63, 3.8) is 0 Å². The summed E-state index contributed by atoms with van der Waals surface area (Å²) in [6, 6.07) is 13.6. The average molecular weight is 406 g/mol. The molecule has 2 saturated heterocycles. The van der Waals surface area contributed by atoms with Crippen LogP contribution in [0.15, 0.2) is 42.5 Å². The van der Waals surface area contributed by atoms with E-state index >= 15 is 0 Å². The van der Waals surface area contributed by atoms with Gasteiger partial charge in [-0.3, -0.25) is 9.59 Å². The first-order valence-electron chi connectivity index (χ1n) is 8.97. The molecule has 2 aromatic carbocycles. The van der Waals surface area contributed by atoms with Crippen molar-refractivity contribution < 1.29 is 9.59 Å². The Hall–Kier alpha value is -1.76. The van der Waals surface area contributed by atoms with Crippen LogP contribution < -0.4 is 11.1 Å². The van der Waals surface area contributed by atoms with E-state index in [4.69, 9.17) is 5.73 Å². The van der Waals surface area contributed by atoms with Crippen molar-refractivity contribution in [3.8, 4) is 0 Å². The number of carbonyl (C=O) groups excluding carboxylic acids is 2. The zero-order chi connectivity index (χ0) is 18.3. The van der Waals surface area contributed by atoms with Crippen LogP contribution in [0.3, 0.4) is 0 Å². The smallest absolute Gasteiger partial charge is 0.244 e. The van der Waals surface area contributed by atoms with Gasteiger partial charge >= 0.3 is 0 Å². The lowest BCUT2D eigenvalue weighted by Crippen LogP contribution is -2.51. The number of benzene rings is 2. The molecule has 4 rings (SSSR count). The fourth-order valence-corrected chi connectivity index (χ4v) is 5.42. The second-order valence-corrected chi connectivity index (χ2v) is 8.67. The van der Waals surface area contributed by atoms with Crippen molar-refractivity contribution in [2.75, 3.05) is 12.3 Å². The number of nitrogens with zero attached hydrogens (tertiary/aromatic N) is 1. The van der Waals surface area contributed by atoms with E-state index in [1.807, 2.05) is 24.3 Å². The monoisotopic (exact) mass is 405 g/mol. The maximum Gasteiger partial charge on any atom is 0.244 e. The van der Waals surface area contributed by atoms with Gasteiger partial charge in [-0.1, -0.05) is 36.4 Å². The number of hydrogen-bond donors (Lipinski definition) is 2. The highest BCUT2D eigenvalue weighted by atomic mass is 35.5. The van der Waals surface area contributed by atoms with Gasteiger partial charge in [0.1, 0.15) is 6.04 Å². The largest absolute Gasteiger partial charge is 0.346 e. The summed E-state index contributed by atoms with van der Waals surface area (Å²) in [4.78, 5) is 26.7. The number of thioether (sulfide) groups is 1. The Labute approximate surface area is 169 Å².